The van der Waals surface area contributed by atoms with E-state index in [1.165, 1.54) is 0 Å². The molecule has 0 bridgehead atoms. The molecule has 1 aromatic rings. The largest absolute Gasteiger partial charge is 0.389 e. The Bertz CT molecular complexity index is 440. The molecule has 1 unspecified atom stereocenters. The molecule has 0 aromatic heterocycles. The Kier molecular flexibility index (Phi) is 5.39. The van der Waals surface area contributed by atoms with Crippen LogP contribution in [-0.4, -0.2) is 35.1 Å². The van der Waals surface area contributed by atoms with Crippen molar-refractivity contribution >= 4 is 17.5 Å². The number of likely N-dealkylation sites (N-methyl/N-ethyl adjacent to an activating group) is 1. The minimum Gasteiger partial charge on any atom is -0.389 e. The summed E-state index contributed by atoms with van der Waals surface area (Å²) >= 11 is 5.93. The summed E-state index contributed by atoms with van der Waals surface area (Å²) in [4.78, 5) is 13.8. The fraction of sp³-hybridized carbons (Fsp3) is 0.533. The van der Waals surface area contributed by atoms with Crippen molar-refractivity contribution in [2.75, 3.05) is 13.6 Å². The minimum atomic E-state index is -0.875. The number of benzene rings is 1. The van der Waals surface area contributed by atoms with Crippen molar-refractivity contribution in [3.63, 3.8) is 0 Å². The van der Waals surface area contributed by atoms with E-state index in [1.54, 1.807) is 25.8 Å². The second-order valence-electron chi connectivity index (χ2n) is 5.74. The lowest BCUT2D eigenvalue weighted by atomic mass is 9.99. The number of halogens is 1. The van der Waals surface area contributed by atoms with Crippen molar-refractivity contribution < 1.29 is 9.90 Å². The number of hydrogen-bond acceptors (Lipinski definition) is 2. The molecule has 0 heterocycles. The zero-order chi connectivity index (χ0) is 14.6. The highest BCUT2D eigenvalue weighted by molar-refractivity contribution is 6.30. The standard InChI is InChI=1S/C15H22ClNO2/c1-11(8-12-6-5-7-13(16)9-12)14(18)17(4)10-15(2,3)19/h5-7,9,11,19H,8,10H2,1-4H3. The third-order valence-electron chi connectivity index (χ3n) is 2.85. The molecule has 0 aliphatic carbocycles. The average Bonchev–Trinajstić information content (AvgIpc) is 2.25. The van der Waals surface area contributed by atoms with E-state index < -0.39 is 5.60 Å². The number of aliphatic hydroxyl groups is 1. The van der Waals surface area contributed by atoms with Crippen LogP contribution in [0.1, 0.15) is 26.3 Å². The molecule has 0 aliphatic rings. The monoisotopic (exact) mass is 283 g/mol. The van der Waals surface area contributed by atoms with Gasteiger partial charge in [0.1, 0.15) is 0 Å². The van der Waals surface area contributed by atoms with E-state index in [-0.39, 0.29) is 11.8 Å². The molecule has 1 rings (SSSR count). The first-order valence-corrected chi connectivity index (χ1v) is 6.78. The van der Waals surface area contributed by atoms with E-state index in [0.29, 0.717) is 18.0 Å². The summed E-state index contributed by atoms with van der Waals surface area (Å²) in [5.41, 5.74) is 0.171. The molecule has 0 spiro atoms. The van der Waals surface area contributed by atoms with Crippen LogP contribution in [0.5, 0.6) is 0 Å². The SMILES string of the molecule is CC(Cc1cccc(Cl)c1)C(=O)N(C)CC(C)(C)O. The number of carbonyl (C=O) groups is 1. The van der Waals surface area contributed by atoms with Gasteiger partial charge in [-0.2, -0.15) is 0 Å². The van der Waals surface area contributed by atoms with Crippen molar-refractivity contribution in [1.29, 1.82) is 0 Å². The summed E-state index contributed by atoms with van der Waals surface area (Å²) in [6, 6.07) is 7.54. The van der Waals surface area contributed by atoms with Crippen molar-refractivity contribution in [1.82, 2.24) is 4.90 Å². The first kappa shape index (κ1) is 16.0. The molecule has 1 N–H and O–H groups in total. The second-order valence-corrected chi connectivity index (χ2v) is 6.18. The van der Waals surface area contributed by atoms with Crippen LogP contribution < -0.4 is 0 Å². The Morgan fingerprint density at radius 2 is 2.11 bits per heavy atom. The molecule has 1 aromatic carbocycles. The molecule has 4 heteroatoms. The van der Waals surface area contributed by atoms with Gasteiger partial charge in [-0.25, -0.2) is 0 Å². The third kappa shape index (κ3) is 5.62. The first-order chi connectivity index (χ1) is 8.69. The van der Waals surface area contributed by atoms with Crippen LogP contribution in [0.4, 0.5) is 0 Å². The Hall–Kier alpha value is -1.06. The summed E-state index contributed by atoms with van der Waals surface area (Å²) in [6.45, 7) is 5.60. The number of hydrogen-bond donors (Lipinski definition) is 1. The maximum absolute atomic E-state index is 12.2. The zero-order valence-corrected chi connectivity index (χ0v) is 12.7. The highest BCUT2D eigenvalue weighted by Gasteiger charge is 2.23. The van der Waals surface area contributed by atoms with Gasteiger partial charge in [0.25, 0.3) is 0 Å². The Labute approximate surface area is 120 Å². The van der Waals surface area contributed by atoms with Crippen molar-refractivity contribution in [3.8, 4) is 0 Å². The minimum absolute atomic E-state index is 0.0297. The van der Waals surface area contributed by atoms with E-state index in [0.717, 1.165) is 5.56 Å². The van der Waals surface area contributed by atoms with Gasteiger partial charge in [-0.05, 0) is 38.0 Å². The fourth-order valence-corrected chi connectivity index (χ4v) is 2.35. The van der Waals surface area contributed by atoms with Gasteiger partial charge in [0.2, 0.25) is 5.91 Å². The Morgan fingerprint density at radius 3 is 2.63 bits per heavy atom. The number of rotatable bonds is 5. The normalized spacial score (nSPS) is 13.2. The van der Waals surface area contributed by atoms with Gasteiger partial charge in [0.05, 0.1) is 5.60 Å². The fourth-order valence-electron chi connectivity index (χ4n) is 2.14. The predicted octanol–water partition coefficient (Wildman–Crippen LogP) is 2.75. The van der Waals surface area contributed by atoms with E-state index in [2.05, 4.69) is 0 Å². The van der Waals surface area contributed by atoms with Gasteiger partial charge in [0.15, 0.2) is 0 Å². The Balaban J connectivity index is 2.62. The van der Waals surface area contributed by atoms with E-state index >= 15 is 0 Å². The molecule has 0 radical (unpaired) electrons. The van der Waals surface area contributed by atoms with Gasteiger partial charge < -0.3 is 10.0 Å². The molecule has 19 heavy (non-hydrogen) atoms. The quantitative estimate of drug-likeness (QED) is 0.903. The van der Waals surface area contributed by atoms with E-state index in [9.17, 15) is 9.90 Å². The number of carbonyl (C=O) groups excluding carboxylic acids is 1. The first-order valence-electron chi connectivity index (χ1n) is 6.41. The summed E-state index contributed by atoms with van der Waals surface area (Å²) in [6.07, 6.45) is 0.648. The summed E-state index contributed by atoms with van der Waals surface area (Å²) in [5.74, 6) is -0.104. The van der Waals surface area contributed by atoms with E-state index in [1.807, 2.05) is 31.2 Å². The molecule has 0 fully saturated rings. The van der Waals surface area contributed by atoms with Gasteiger partial charge in [-0.1, -0.05) is 30.7 Å². The highest BCUT2D eigenvalue weighted by atomic mass is 35.5. The summed E-state index contributed by atoms with van der Waals surface area (Å²) < 4.78 is 0. The van der Waals surface area contributed by atoms with Gasteiger partial charge in [-0.3, -0.25) is 4.79 Å². The van der Waals surface area contributed by atoms with Gasteiger partial charge in [0, 0.05) is 24.5 Å². The van der Waals surface area contributed by atoms with Gasteiger partial charge >= 0.3 is 0 Å². The van der Waals surface area contributed by atoms with Crippen LogP contribution in [0.3, 0.4) is 0 Å². The predicted molar refractivity (Wildman–Crippen MR) is 78.3 cm³/mol. The highest BCUT2D eigenvalue weighted by Crippen LogP contribution is 2.16. The van der Waals surface area contributed by atoms with Crippen molar-refractivity contribution in [2.24, 2.45) is 5.92 Å². The second kappa shape index (κ2) is 6.40. The van der Waals surface area contributed by atoms with Crippen molar-refractivity contribution in [3.05, 3.63) is 34.9 Å². The van der Waals surface area contributed by atoms with Crippen LogP contribution in [0.25, 0.3) is 0 Å². The average molecular weight is 284 g/mol. The lowest BCUT2D eigenvalue weighted by molar-refractivity contribution is -0.136. The lowest BCUT2D eigenvalue weighted by Crippen LogP contribution is -2.42. The van der Waals surface area contributed by atoms with Crippen LogP contribution >= 0.6 is 11.6 Å². The number of amides is 1. The lowest BCUT2D eigenvalue weighted by Gasteiger charge is -2.27. The smallest absolute Gasteiger partial charge is 0.225 e. The zero-order valence-electron chi connectivity index (χ0n) is 12.0. The summed E-state index contributed by atoms with van der Waals surface area (Å²) in [7, 11) is 1.72. The third-order valence-corrected chi connectivity index (χ3v) is 3.09. The molecule has 106 valence electrons. The molecule has 0 saturated heterocycles. The van der Waals surface area contributed by atoms with E-state index in [4.69, 9.17) is 11.6 Å². The van der Waals surface area contributed by atoms with Gasteiger partial charge in [-0.15, -0.1) is 0 Å². The topological polar surface area (TPSA) is 40.5 Å². The Morgan fingerprint density at radius 1 is 1.47 bits per heavy atom. The molecule has 0 saturated carbocycles. The molecule has 3 nitrogen and oxygen atoms in total. The van der Waals surface area contributed by atoms with Crippen LogP contribution in [0, 0.1) is 5.92 Å². The van der Waals surface area contributed by atoms with Crippen LogP contribution in [0.2, 0.25) is 5.02 Å². The molecule has 0 aliphatic heterocycles. The molecule has 1 amide bonds. The molecular weight excluding hydrogens is 262 g/mol. The maximum Gasteiger partial charge on any atom is 0.225 e. The molecular formula is C15H22ClNO2. The van der Waals surface area contributed by atoms with Crippen LogP contribution in [0.15, 0.2) is 24.3 Å². The molecule has 1 atom stereocenters. The summed E-state index contributed by atoms with van der Waals surface area (Å²) in [5, 5.41) is 10.4. The van der Waals surface area contributed by atoms with Crippen molar-refractivity contribution in [2.45, 2.75) is 32.8 Å². The number of nitrogens with zero attached hydrogens (tertiary/aromatic N) is 1. The van der Waals surface area contributed by atoms with Crippen LogP contribution in [-0.2, 0) is 11.2 Å². The maximum atomic E-state index is 12.2.